The third kappa shape index (κ3) is 2.06. The van der Waals surface area contributed by atoms with Crippen LogP contribution >= 0.6 is 11.6 Å². The number of nitrogens with two attached hydrogens (primary N) is 1. The van der Waals surface area contributed by atoms with Crippen molar-refractivity contribution >= 4 is 23.2 Å². The summed E-state index contributed by atoms with van der Waals surface area (Å²) in [4.78, 5) is 13.6. The van der Waals surface area contributed by atoms with Crippen LogP contribution < -0.4 is 10.6 Å². The summed E-state index contributed by atoms with van der Waals surface area (Å²) >= 11 is 6.11. The van der Waals surface area contributed by atoms with Crippen LogP contribution in [0.2, 0.25) is 5.02 Å². The molecule has 2 N–H and O–H groups in total. The molecule has 3 nitrogen and oxygen atoms in total. The van der Waals surface area contributed by atoms with E-state index in [0.29, 0.717) is 24.5 Å². The zero-order valence-electron chi connectivity index (χ0n) is 9.24. The summed E-state index contributed by atoms with van der Waals surface area (Å²) < 4.78 is 0. The van der Waals surface area contributed by atoms with E-state index in [9.17, 15) is 4.79 Å². The minimum Gasteiger partial charge on any atom is -0.330 e. The van der Waals surface area contributed by atoms with Crippen molar-refractivity contribution in [3.8, 4) is 0 Å². The highest BCUT2D eigenvalue weighted by molar-refractivity contribution is 6.33. The topological polar surface area (TPSA) is 46.3 Å². The fraction of sp³-hybridized carbons (Fsp3) is 0.417. The Morgan fingerprint density at radius 2 is 2.31 bits per heavy atom. The second-order valence-corrected chi connectivity index (χ2v) is 4.67. The first-order valence-corrected chi connectivity index (χ1v) is 5.76. The average Bonchev–Trinajstić information content (AvgIpc) is 2.63. The highest BCUT2D eigenvalue weighted by Crippen LogP contribution is 2.31. The van der Waals surface area contributed by atoms with Crippen molar-refractivity contribution in [1.82, 2.24) is 0 Å². The lowest BCUT2D eigenvalue weighted by Crippen LogP contribution is -2.26. The molecule has 1 atom stereocenters. The molecule has 16 heavy (non-hydrogen) atoms. The van der Waals surface area contributed by atoms with Gasteiger partial charge in [0.2, 0.25) is 5.91 Å². The normalized spacial score (nSPS) is 20.6. The number of anilines is 1. The second kappa shape index (κ2) is 4.44. The number of benzene rings is 1. The van der Waals surface area contributed by atoms with Crippen LogP contribution in [0.1, 0.15) is 12.0 Å². The Balaban J connectivity index is 2.30. The third-order valence-corrected chi connectivity index (χ3v) is 3.25. The summed E-state index contributed by atoms with van der Waals surface area (Å²) in [6.45, 7) is 3.21. The van der Waals surface area contributed by atoms with E-state index < -0.39 is 0 Å². The van der Waals surface area contributed by atoms with Crippen LogP contribution in [0, 0.1) is 12.8 Å². The van der Waals surface area contributed by atoms with E-state index in [1.807, 2.05) is 25.1 Å². The van der Waals surface area contributed by atoms with Crippen molar-refractivity contribution in [2.24, 2.45) is 11.7 Å². The molecule has 1 aliphatic heterocycles. The Morgan fingerprint density at radius 1 is 1.56 bits per heavy atom. The molecule has 4 heteroatoms. The van der Waals surface area contributed by atoms with Crippen LogP contribution in [0.3, 0.4) is 0 Å². The van der Waals surface area contributed by atoms with Gasteiger partial charge in [-0.1, -0.05) is 17.7 Å². The van der Waals surface area contributed by atoms with Crippen molar-refractivity contribution in [3.63, 3.8) is 0 Å². The third-order valence-electron chi connectivity index (χ3n) is 2.93. The summed E-state index contributed by atoms with van der Waals surface area (Å²) in [5.74, 6) is 0.368. The smallest absolute Gasteiger partial charge is 0.227 e. The van der Waals surface area contributed by atoms with Crippen LogP contribution in [0.25, 0.3) is 0 Å². The first-order valence-electron chi connectivity index (χ1n) is 5.38. The maximum absolute atomic E-state index is 11.8. The van der Waals surface area contributed by atoms with Gasteiger partial charge in [0.25, 0.3) is 0 Å². The van der Waals surface area contributed by atoms with Crippen LogP contribution in [0.4, 0.5) is 5.69 Å². The highest BCUT2D eigenvalue weighted by Gasteiger charge is 2.30. The minimum absolute atomic E-state index is 0.114. The van der Waals surface area contributed by atoms with Gasteiger partial charge >= 0.3 is 0 Å². The van der Waals surface area contributed by atoms with E-state index in [4.69, 9.17) is 17.3 Å². The molecule has 2 rings (SSSR count). The molecular formula is C12H15ClN2O. The van der Waals surface area contributed by atoms with Crippen LogP contribution in [0.5, 0.6) is 0 Å². The van der Waals surface area contributed by atoms with Crippen molar-refractivity contribution in [2.45, 2.75) is 13.3 Å². The Morgan fingerprint density at radius 3 is 2.94 bits per heavy atom. The molecule has 0 radical (unpaired) electrons. The molecule has 1 fully saturated rings. The number of halogens is 1. The van der Waals surface area contributed by atoms with Gasteiger partial charge in [0, 0.05) is 13.0 Å². The molecule has 0 spiro atoms. The van der Waals surface area contributed by atoms with Gasteiger partial charge in [-0.2, -0.15) is 0 Å². The molecule has 1 aromatic rings. The molecule has 1 amide bonds. The van der Waals surface area contributed by atoms with Crippen molar-refractivity contribution in [3.05, 3.63) is 28.8 Å². The molecule has 0 aliphatic carbocycles. The van der Waals surface area contributed by atoms with Gasteiger partial charge in [-0.3, -0.25) is 4.79 Å². The highest BCUT2D eigenvalue weighted by atomic mass is 35.5. The number of hydrogen-bond donors (Lipinski definition) is 1. The zero-order chi connectivity index (χ0) is 11.7. The number of hydrogen-bond acceptors (Lipinski definition) is 2. The van der Waals surface area contributed by atoms with E-state index in [1.54, 1.807) is 4.90 Å². The predicted molar refractivity (Wildman–Crippen MR) is 65.7 cm³/mol. The summed E-state index contributed by atoms with van der Waals surface area (Å²) in [7, 11) is 0. The lowest BCUT2D eigenvalue weighted by atomic mass is 10.1. The summed E-state index contributed by atoms with van der Waals surface area (Å²) in [6.07, 6.45) is 0.529. The molecule has 1 aromatic carbocycles. The maximum Gasteiger partial charge on any atom is 0.227 e. The van der Waals surface area contributed by atoms with E-state index in [-0.39, 0.29) is 11.8 Å². The lowest BCUT2D eigenvalue weighted by Gasteiger charge is -2.18. The van der Waals surface area contributed by atoms with E-state index >= 15 is 0 Å². The first-order chi connectivity index (χ1) is 7.61. The molecule has 1 saturated heterocycles. The van der Waals surface area contributed by atoms with E-state index in [1.165, 1.54) is 0 Å². The monoisotopic (exact) mass is 238 g/mol. The largest absolute Gasteiger partial charge is 0.330 e. The Hall–Kier alpha value is -1.06. The van der Waals surface area contributed by atoms with Gasteiger partial charge in [0.15, 0.2) is 0 Å². The summed E-state index contributed by atoms with van der Waals surface area (Å²) in [5, 5.41) is 0.622. The van der Waals surface area contributed by atoms with Gasteiger partial charge in [0.05, 0.1) is 10.7 Å². The number of amides is 1. The molecule has 1 unspecified atom stereocenters. The molecule has 0 saturated carbocycles. The Kier molecular flexibility index (Phi) is 3.17. The standard InChI is InChI=1S/C12H15ClN2O/c1-8-2-3-10(13)11(4-8)15-7-9(6-14)5-12(15)16/h2-4,9H,5-7,14H2,1H3. The number of rotatable bonds is 2. The maximum atomic E-state index is 11.8. The summed E-state index contributed by atoms with van der Waals surface area (Å²) in [5.41, 5.74) is 7.50. The van der Waals surface area contributed by atoms with Gasteiger partial charge < -0.3 is 10.6 Å². The van der Waals surface area contributed by atoms with Crippen LogP contribution in [0.15, 0.2) is 18.2 Å². The van der Waals surface area contributed by atoms with Gasteiger partial charge in [0.1, 0.15) is 0 Å². The van der Waals surface area contributed by atoms with Crippen molar-refractivity contribution in [2.75, 3.05) is 18.0 Å². The van der Waals surface area contributed by atoms with E-state index in [0.717, 1.165) is 11.3 Å². The molecular weight excluding hydrogens is 224 g/mol. The van der Waals surface area contributed by atoms with Crippen LogP contribution in [-0.4, -0.2) is 19.0 Å². The van der Waals surface area contributed by atoms with Crippen molar-refractivity contribution in [1.29, 1.82) is 0 Å². The zero-order valence-corrected chi connectivity index (χ0v) is 10.00. The van der Waals surface area contributed by atoms with Gasteiger partial charge in [-0.25, -0.2) is 0 Å². The quantitative estimate of drug-likeness (QED) is 0.856. The molecule has 1 heterocycles. The number of carbonyl (C=O) groups excluding carboxylic acids is 1. The Labute approximate surface area is 100 Å². The Bertz CT molecular complexity index is 419. The number of nitrogens with zero attached hydrogens (tertiary/aromatic N) is 1. The fourth-order valence-corrected chi connectivity index (χ4v) is 2.22. The first kappa shape index (κ1) is 11.4. The molecule has 0 aromatic heterocycles. The summed E-state index contributed by atoms with van der Waals surface area (Å²) in [6, 6.07) is 5.71. The molecule has 1 aliphatic rings. The van der Waals surface area contributed by atoms with Gasteiger partial charge in [-0.05, 0) is 37.1 Å². The molecule has 86 valence electrons. The lowest BCUT2D eigenvalue weighted by molar-refractivity contribution is -0.117. The predicted octanol–water partition coefficient (Wildman–Crippen LogP) is 1.96. The minimum atomic E-state index is 0.114. The fourth-order valence-electron chi connectivity index (χ4n) is 2.00. The average molecular weight is 239 g/mol. The molecule has 0 bridgehead atoms. The van der Waals surface area contributed by atoms with Crippen LogP contribution in [-0.2, 0) is 4.79 Å². The van der Waals surface area contributed by atoms with Crippen molar-refractivity contribution < 1.29 is 4.79 Å². The SMILES string of the molecule is Cc1ccc(Cl)c(N2CC(CN)CC2=O)c1. The number of carbonyl (C=O) groups is 1. The number of aryl methyl sites for hydroxylation is 1. The second-order valence-electron chi connectivity index (χ2n) is 4.27. The van der Waals surface area contributed by atoms with Gasteiger partial charge in [-0.15, -0.1) is 0 Å². The van der Waals surface area contributed by atoms with E-state index in [2.05, 4.69) is 0 Å².